The average molecular weight is 487 g/mol. The van der Waals surface area contributed by atoms with Crippen LogP contribution in [0.25, 0.3) is 0 Å². The summed E-state index contributed by atoms with van der Waals surface area (Å²) in [7, 11) is 2.12. The lowest BCUT2D eigenvalue weighted by molar-refractivity contribution is -0.129. The minimum atomic E-state index is -1.08. The number of hydrazine groups is 1. The summed E-state index contributed by atoms with van der Waals surface area (Å²) >= 11 is 0. The fourth-order valence-electron chi connectivity index (χ4n) is 6.34. The molecule has 5 fully saturated rings. The Balaban J connectivity index is 1.18. The Kier molecular flexibility index (Phi) is 7.66. The van der Waals surface area contributed by atoms with Crippen molar-refractivity contribution in [1.29, 1.82) is 0 Å². The van der Waals surface area contributed by atoms with Crippen molar-refractivity contribution >= 4 is 5.91 Å². The first-order valence-electron chi connectivity index (χ1n) is 12.8. The van der Waals surface area contributed by atoms with Gasteiger partial charge in [0.15, 0.2) is 0 Å². The molecule has 12 heteroatoms. The molecule has 5 saturated heterocycles. The number of rotatable bonds is 5. The van der Waals surface area contributed by atoms with E-state index in [1.807, 2.05) is 0 Å². The molecule has 1 amide bonds. The van der Waals surface area contributed by atoms with E-state index < -0.39 is 24.4 Å². The van der Waals surface area contributed by atoms with Gasteiger partial charge in [0.25, 0.3) is 0 Å². The highest BCUT2D eigenvalue weighted by atomic mass is 19.1. The molecule has 194 valence electrons. The van der Waals surface area contributed by atoms with Gasteiger partial charge in [0.2, 0.25) is 5.91 Å². The fraction of sp³-hybridized carbons (Fsp3) is 0.955. The van der Waals surface area contributed by atoms with Crippen molar-refractivity contribution in [2.45, 2.75) is 68.2 Å². The molecule has 0 bridgehead atoms. The highest BCUT2D eigenvalue weighted by Crippen LogP contribution is 2.26. The number of alkyl halides is 2. The van der Waals surface area contributed by atoms with Crippen molar-refractivity contribution in [3.63, 3.8) is 0 Å². The molecule has 0 aromatic rings. The van der Waals surface area contributed by atoms with E-state index in [-0.39, 0.29) is 49.9 Å². The number of amides is 1. The zero-order valence-corrected chi connectivity index (χ0v) is 20.0. The van der Waals surface area contributed by atoms with Gasteiger partial charge in [-0.25, -0.2) is 19.2 Å². The fourth-order valence-corrected chi connectivity index (χ4v) is 6.34. The molecule has 5 rings (SSSR count). The van der Waals surface area contributed by atoms with Gasteiger partial charge in [-0.2, -0.15) is 0 Å². The summed E-state index contributed by atoms with van der Waals surface area (Å²) in [4.78, 5) is 17.8. The first-order valence-corrected chi connectivity index (χ1v) is 12.8. The zero-order chi connectivity index (χ0) is 23.8. The predicted octanol–water partition coefficient (Wildman–Crippen LogP) is -2.05. The van der Waals surface area contributed by atoms with Crippen molar-refractivity contribution < 1.29 is 18.3 Å². The lowest BCUT2D eigenvalue weighted by atomic mass is 9.93. The molecule has 0 aromatic carbocycles. The number of likely N-dealkylation sites (tertiary alicyclic amines) is 2. The third-order valence-electron chi connectivity index (χ3n) is 8.07. The molecule has 7 unspecified atom stereocenters. The summed E-state index contributed by atoms with van der Waals surface area (Å²) in [6.07, 6.45) is 0.244. The summed E-state index contributed by atoms with van der Waals surface area (Å²) in [5, 5.41) is 11.0. The van der Waals surface area contributed by atoms with Crippen LogP contribution in [0.5, 0.6) is 0 Å². The van der Waals surface area contributed by atoms with Crippen LogP contribution in [-0.4, -0.2) is 129 Å². The standard InChI is InChI=1S/C22H40F2N8O2/c1-30-5-2-15(12-30)34-14-3-6-31(7-4-14)19-16(24)9-26-10-17(19)28-22(33)18-20(25)29-32-11-13(23)8-27-21(18)32/h13-21,26-27,29H,2-12,25H2,1H3,(H,28,33)/t13?,15-,16?,17?,18?,19?,20?,21?/m1/s1. The Morgan fingerprint density at radius 2 is 1.82 bits per heavy atom. The van der Waals surface area contributed by atoms with E-state index in [9.17, 15) is 9.18 Å². The maximum Gasteiger partial charge on any atom is 0.229 e. The number of nitrogens with one attached hydrogen (secondary N) is 4. The van der Waals surface area contributed by atoms with Crippen LogP contribution in [0.1, 0.15) is 19.3 Å². The first-order chi connectivity index (χ1) is 16.4. The minimum absolute atomic E-state index is 0.184. The zero-order valence-electron chi connectivity index (χ0n) is 20.0. The Labute approximate surface area is 200 Å². The molecular weight excluding hydrogens is 446 g/mol. The third kappa shape index (κ3) is 5.24. The molecule has 5 heterocycles. The minimum Gasteiger partial charge on any atom is -0.374 e. The van der Waals surface area contributed by atoms with Crippen LogP contribution in [0.2, 0.25) is 0 Å². The van der Waals surface area contributed by atoms with Gasteiger partial charge in [-0.3, -0.25) is 15.0 Å². The summed E-state index contributed by atoms with van der Waals surface area (Å²) in [6, 6.07) is -0.754. The topological polar surface area (TPSA) is 110 Å². The van der Waals surface area contributed by atoms with Gasteiger partial charge in [-0.1, -0.05) is 0 Å². The van der Waals surface area contributed by atoms with E-state index in [0.29, 0.717) is 12.6 Å². The highest BCUT2D eigenvalue weighted by Gasteiger charge is 2.48. The molecule has 0 aliphatic carbocycles. The molecule has 0 radical (unpaired) electrons. The number of hydrogen-bond donors (Lipinski definition) is 5. The number of fused-ring (bicyclic) bond motifs is 1. The van der Waals surface area contributed by atoms with Gasteiger partial charge >= 0.3 is 0 Å². The first kappa shape index (κ1) is 24.7. The van der Waals surface area contributed by atoms with Crippen molar-refractivity contribution in [3.05, 3.63) is 0 Å². The quantitative estimate of drug-likeness (QED) is 0.300. The second-order valence-corrected chi connectivity index (χ2v) is 10.6. The summed E-state index contributed by atoms with van der Waals surface area (Å²) in [6.45, 7) is 4.72. The third-order valence-corrected chi connectivity index (χ3v) is 8.07. The van der Waals surface area contributed by atoms with E-state index in [1.165, 1.54) is 0 Å². The Bertz CT molecular complexity index is 714. The smallest absolute Gasteiger partial charge is 0.229 e. The SMILES string of the molecule is CN1CC[C@@H](OC2CCN(C3C(F)CNCC3NC(=O)C3C(N)NN4CC(F)CNC34)CC2)C1. The number of nitrogens with zero attached hydrogens (tertiary/aromatic N) is 3. The van der Waals surface area contributed by atoms with Crippen LogP contribution in [-0.2, 0) is 9.53 Å². The summed E-state index contributed by atoms with van der Waals surface area (Å²) in [5.74, 6) is -0.816. The van der Waals surface area contributed by atoms with Crippen LogP contribution in [0.4, 0.5) is 8.78 Å². The number of ether oxygens (including phenoxy) is 1. The Hall–Kier alpha value is -0.990. The molecule has 5 aliphatic heterocycles. The maximum absolute atomic E-state index is 15.2. The van der Waals surface area contributed by atoms with Crippen molar-refractivity contribution in [1.82, 2.24) is 36.2 Å². The molecule has 0 saturated carbocycles. The molecule has 5 aliphatic rings. The average Bonchev–Trinajstić information content (AvgIpc) is 3.35. The maximum atomic E-state index is 15.2. The van der Waals surface area contributed by atoms with E-state index in [0.717, 1.165) is 45.4 Å². The van der Waals surface area contributed by atoms with E-state index in [2.05, 4.69) is 38.2 Å². The van der Waals surface area contributed by atoms with Crippen molar-refractivity contribution in [2.24, 2.45) is 11.7 Å². The van der Waals surface area contributed by atoms with Crippen LogP contribution >= 0.6 is 0 Å². The largest absolute Gasteiger partial charge is 0.374 e. The second kappa shape index (κ2) is 10.6. The molecule has 34 heavy (non-hydrogen) atoms. The van der Waals surface area contributed by atoms with Crippen molar-refractivity contribution in [2.75, 3.05) is 59.4 Å². The van der Waals surface area contributed by atoms with Gasteiger partial charge in [0.1, 0.15) is 12.3 Å². The number of likely N-dealkylation sites (N-methyl/N-ethyl adjacent to an activating group) is 1. The highest BCUT2D eigenvalue weighted by molar-refractivity contribution is 5.81. The molecule has 10 nitrogen and oxygen atoms in total. The molecule has 0 spiro atoms. The monoisotopic (exact) mass is 486 g/mol. The molecular formula is C22H40F2N8O2. The van der Waals surface area contributed by atoms with Gasteiger partial charge in [0, 0.05) is 52.4 Å². The van der Waals surface area contributed by atoms with Crippen LogP contribution in [0, 0.1) is 5.92 Å². The van der Waals surface area contributed by atoms with Gasteiger partial charge in [-0.05, 0) is 26.3 Å². The van der Waals surface area contributed by atoms with Gasteiger partial charge < -0.3 is 26.0 Å². The number of nitrogens with two attached hydrogens (primary N) is 1. The number of carbonyl (C=O) groups excluding carboxylic acids is 1. The Morgan fingerprint density at radius 3 is 2.56 bits per heavy atom. The molecule has 8 atom stereocenters. The van der Waals surface area contributed by atoms with Crippen LogP contribution in [0.3, 0.4) is 0 Å². The van der Waals surface area contributed by atoms with Crippen LogP contribution in [0.15, 0.2) is 0 Å². The van der Waals surface area contributed by atoms with E-state index in [4.69, 9.17) is 10.5 Å². The molecule has 0 aromatic heterocycles. The summed E-state index contributed by atoms with van der Waals surface area (Å²) in [5.41, 5.74) is 9.20. The van der Waals surface area contributed by atoms with E-state index >= 15 is 4.39 Å². The van der Waals surface area contributed by atoms with Crippen LogP contribution < -0.4 is 27.1 Å². The number of piperidine rings is 2. The van der Waals surface area contributed by atoms with Gasteiger partial charge in [0.05, 0.1) is 42.5 Å². The lowest BCUT2D eigenvalue weighted by Gasteiger charge is -2.45. The number of halogens is 2. The molecule has 6 N–H and O–H groups in total. The van der Waals surface area contributed by atoms with Crippen molar-refractivity contribution in [3.8, 4) is 0 Å². The number of hydrogen-bond acceptors (Lipinski definition) is 9. The van der Waals surface area contributed by atoms with Gasteiger partial charge in [-0.15, -0.1) is 0 Å². The second-order valence-electron chi connectivity index (χ2n) is 10.6. The number of carbonyl (C=O) groups is 1. The lowest BCUT2D eigenvalue weighted by Crippen LogP contribution is -2.67. The summed E-state index contributed by atoms with van der Waals surface area (Å²) < 4.78 is 35.2. The van der Waals surface area contributed by atoms with E-state index in [1.54, 1.807) is 5.01 Å². The normalized spacial score (nSPS) is 43.2. The Morgan fingerprint density at radius 1 is 1.06 bits per heavy atom. The predicted molar refractivity (Wildman–Crippen MR) is 123 cm³/mol.